The van der Waals surface area contributed by atoms with Crippen LogP contribution in [0.25, 0.3) is 0 Å². The van der Waals surface area contributed by atoms with E-state index in [0.717, 1.165) is 0 Å². The zero-order valence-corrected chi connectivity index (χ0v) is 15.3. The smallest absolute Gasteiger partial charge is 0.251 e. The van der Waals surface area contributed by atoms with Crippen molar-refractivity contribution in [2.45, 2.75) is 10.6 Å². The average Bonchev–Trinajstić information content (AvgIpc) is 2.63. The summed E-state index contributed by atoms with van der Waals surface area (Å²) in [6, 6.07) is 12.4. The van der Waals surface area contributed by atoms with E-state index in [0.29, 0.717) is 23.6 Å². The molecule has 134 valence electrons. The first kappa shape index (κ1) is 19.4. The predicted molar refractivity (Wildman–Crippen MR) is 97.6 cm³/mol. The molecule has 0 fully saturated rings. The molecule has 0 heterocycles. The van der Waals surface area contributed by atoms with Gasteiger partial charge in [-0.25, -0.2) is 17.5 Å². The fourth-order valence-corrected chi connectivity index (χ4v) is 3.68. The van der Waals surface area contributed by atoms with E-state index in [1.54, 1.807) is 24.3 Å². The van der Waals surface area contributed by atoms with Gasteiger partial charge in [0, 0.05) is 23.6 Å². The molecule has 0 aliphatic carbocycles. The van der Waals surface area contributed by atoms with Crippen molar-refractivity contribution < 1.29 is 17.6 Å². The summed E-state index contributed by atoms with van der Waals surface area (Å²) < 4.78 is 39.2. The van der Waals surface area contributed by atoms with Crippen molar-refractivity contribution in [1.82, 2.24) is 10.0 Å². The summed E-state index contributed by atoms with van der Waals surface area (Å²) in [7, 11) is -2.27. The van der Waals surface area contributed by atoms with Crippen LogP contribution < -0.4 is 10.0 Å². The minimum atomic E-state index is -3.59. The van der Waals surface area contributed by atoms with Crippen LogP contribution in [0.1, 0.15) is 15.9 Å². The van der Waals surface area contributed by atoms with Crippen molar-refractivity contribution in [3.8, 4) is 0 Å². The highest BCUT2D eigenvalue weighted by molar-refractivity contribution is 7.98. The van der Waals surface area contributed by atoms with Crippen molar-refractivity contribution in [1.29, 1.82) is 0 Å². The fraction of sp³-hybridized carbons (Fsp3) is 0.235. The van der Waals surface area contributed by atoms with E-state index < -0.39 is 10.0 Å². The van der Waals surface area contributed by atoms with Crippen LogP contribution in [0, 0.1) is 5.82 Å². The molecule has 8 heteroatoms. The quantitative estimate of drug-likeness (QED) is 0.688. The number of thioether (sulfide) groups is 1. The van der Waals surface area contributed by atoms with Crippen LogP contribution in [0.15, 0.2) is 53.4 Å². The fourth-order valence-electron chi connectivity index (χ4n) is 2.06. The van der Waals surface area contributed by atoms with Gasteiger partial charge in [0.1, 0.15) is 5.82 Å². The van der Waals surface area contributed by atoms with Gasteiger partial charge in [-0.1, -0.05) is 24.3 Å². The van der Waals surface area contributed by atoms with Gasteiger partial charge in [-0.05, 0) is 36.9 Å². The van der Waals surface area contributed by atoms with Gasteiger partial charge >= 0.3 is 0 Å². The number of rotatable bonds is 8. The molecule has 25 heavy (non-hydrogen) atoms. The van der Waals surface area contributed by atoms with Crippen LogP contribution in [0.3, 0.4) is 0 Å². The van der Waals surface area contributed by atoms with E-state index in [2.05, 4.69) is 10.0 Å². The van der Waals surface area contributed by atoms with Crippen LogP contribution >= 0.6 is 11.8 Å². The Morgan fingerprint density at radius 1 is 1.16 bits per heavy atom. The molecule has 2 rings (SSSR count). The summed E-state index contributed by atoms with van der Waals surface area (Å²) in [6.45, 7) is 0.404. The number of amides is 1. The van der Waals surface area contributed by atoms with Gasteiger partial charge in [0.05, 0.1) is 4.90 Å². The van der Waals surface area contributed by atoms with E-state index in [4.69, 9.17) is 0 Å². The molecule has 0 saturated heterocycles. The number of hydrogen-bond acceptors (Lipinski definition) is 4. The molecule has 0 saturated carbocycles. The number of benzene rings is 2. The summed E-state index contributed by atoms with van der Waals surface area (Å²) in [4.78, 5) is 12.1. The second-order valence-electron chi connectivity index (χ2n) is 5.14. The third kappa shape index (κ3) is 5.55. The third-order valence-electron chi connectivity index (χ3n) is 3.42. The van der Waals surface area contributed by atoms with Crippen molar-refractivity contribution in [3.05, 3.63) is 65.5 Å². The Hall–Kier alpha value is -1.90. The van der Waals surface area contributed by atoms with Gasteiger partial charge in [0.15, 0.2) is 0 Å². The Morgan fingerprint density at radius 2 is 1.92 bits per heavy atom. The zero-order chi connectivity index (χ0) is 18.3. The minimum absolute atomic E-state index is 0.0385. The highest BCUT2D eigenvalue weighted by atomic mass is 32.2. The lowest BCUT2D eigenvalue weighted by atomic mass is 10.2. The minimum Gasteiger partial charge on any atom is -0.351 e. The highest BCUT2D eigenvalue weighted by Gasteiger charge is 2.14. The summed E-state index contributed by atoms with van der Waals surface area (Å²) in [6.07, 6.45) is 0. The standard InChI is InChI=1S/C17H19FN2O3S2/c1-19-25(22,23)15-7-4-6-13(11-15)17(21)20-9-10-24-12-14-5-2-3-8-16(14)18/h2-8,11,19H,9-10,12H2,1H3,(H,20,21). The van der Waals surface area contributed by atoms with E-state index >= 15 is 0 Å². The Morgan fingerprint density at radius 3 is 2.64 bits per heavy atom. The van der Waals surface area contributed by atoms with Crippen LogP contribution in [-0.2, 0) is 15.8 Å². The first-order valence-electron chi connectivity index (χ1n) is 7.57. The molecule has 2 aromatic rings. The lowest BCUT2D eigenvalue weighted by Gasteiger charge is -2.08. The monoisotopic (exact) mass is 382 g/mol. The molecule has 0 radical (unpaired) electrons. The molecular weight excluding hydrogens is 363 g/mol. The molecule has 2 N–H and O–H groups in total. The average molecular weight is 382 g/mol. The SMILES string of the molecule is CNS(=O)(=O)c1cccc(C(=O)NCCSCc2ccccc2F)c1. The van der Waals surface area contributed by atoms with E-state index in [-0.39, 0.29) is 22.2 Å². The lowest BCUT2D eigenvalue weighted by Crippen LogP contribution is -2.26. The summed E-state index contributed by atoms with van der Waals surface area (Å²) in [5, 5.41) is 2.73. The normalized spacial score (nSPS) is 11.3. The number of nitrogens with one attached hydrogen (secondary N) is 2. The third-order valence-corrected chi connectivity index (χ3v) is 5.84. The largest absolute Gasteiger partial charge is 0.351 e. The Bertz CT molecular complexity index is 841. The Kier molecular flexibility index (Phi) is 6.98. The Labute approximate surface area is 151 Å². The van der Waals surface area contributed by atoms with Gasteiger partial charge in [-0.2, -0.15) is 11.8 Å². The molecule has 0 aromatic heterocycles. The number of halogens is 1. The first-order valence-corrected chi connectivity index (χ1v) is 10.2. The van der Waals surface area contributed by atoms with Gasteiger partial charge < -0.3 is 5.32 Å². The second-order valence-corrected chi connectivity index (χ2v) is 8.13. The predicted octanol–water partition coefficient (Wildman–Crippen LogP) is 2.40. The van der Waals surface area contributed by atoms with Gasteiger partial charge in [-0.3, -0.25) is 4.79 Å². The first-order chi connectivity index (χ1) is 11.9. The topological polar surface area (TPSA) is 75.3 Å². The molecule has 0 atom stereocenters. The zero-order valence-electron chi connectivity index (χ0n) is 13.7. The molecule has 2 aromatic carbocycles. The number of carbonyl (C=O) groups excluding carboxylic acids is 1. The van der Waals surface area contributed by atoms with Crippen LogP contribution in [-0.4, -0.2) is 33.7 Å². The molecule has 0 unspecified atom stereocenters. The number of carbonyl (C=O) groups is 1. The van der Waals surface area contributed by atoms with E-state index in [9.17, 15) is 17.6 Å². The number of hydrogen-bond donors (Lipinski definition) is 2. The van der Waals surface area contributed by atoms with Gasteiger partial charge in [-0.15, -0.1) is 0 Å². The molecule has 0 spiro atoms. The van der Waals surface area contributed by atoms with Crippen molar-refractivity contribution in [3.63, 3.8) is 0 Å². The maximum atomic E-state index is 13.5. The van der Waals surface area contributed by atoms with Gasteiger partial charge in [0.2, 0.25) is 10.0 Å². The molecular formula is C17H19FN2O3S2. The van der Waals surface area contributed by atoms with Crippen molar-refractivity contribution in [2.24, 2.45) is 0 Å². The Balaban J connectivity index is 1.83. The van der Waals surface area contributed by atoms with Crippen molar-refractivity contribution in [2.75, 3.05) is 19.3 Å². The summed E-state index contributed by atoms with van der Waals surface area (Å²) >= 11 is 1.51. The van der Waals surface area contributed by atoms with Crippen LogP contribution in [0.2, 0.25) is 0 Å². The van der Waals surface area contributed by atoms with Gasteiger partial charge in [0.25, 0.3) is 5.91 Å². The van der Waals surface area contributed by atoms with Crippen LogP contribution in [0.4, 0.5) is 4.39 Å². The van der Waals surface area contributed by atoms with Crippen molar-refractivity contribution >= 4 is 27.7 Å². The maximum Gasteiger partial charge on any atom is 0.251 e. The van der Waals surface area contributed by atoms with Crippen LogP contribution in [0.5, 0.6) is 0 Å². The number of sulfonamides is 1. The van der Waals surface area contributed by atoms with E-state index in [1.165, 1.54) is 43.1 Å². The second kappa shape index (κ2) is 8.98. The molecule has 0 bridgehead atoms. The van der Waals surface area contributed by atoms with E-state index in [1.807, 2.05) is 0 Å². The summed E-state index contributed by atoms with van der Waals surface area (Å²) in [5.74, 6) is 0.564. The molecule has 0 aliphatic heterocycles. The molecule has 0 aliphatic rings. The molecule has 5 nitrogen and oxygen atoms in total. The lowest BCUT2D eigenvalue weighted by molar-refractivity contribution is 0.0956. The summed E-state index contributed by atoms with van der Waals surface area (Å²) in [5.41, 5.74) is 0.902. The maximum absolute atomic E-state index is 13.5. The highest BCUT2D eigenvalue weighted by Crippen LogP contribution is 2.15. The molecule has 1 amide bonds.